The van der Waals surface area contributed by atoms with Crippen LogP contribution in [0.5, 0.6) is 11.5 Å². The standard InChI is InChI=1S/C27H32N2O4/c1-2-31-17-18-33-25-14-6-12-23(19-25)28-21-27(30)29-24-13-7-15-26(20-24)32-16-8-11-22-9-4-3-5-10-22/h3-7,9-10,12-15,19-20,28H,2,8,11,16-18,21H2,1H3,(H,29,30). The molecule has 0 bridgehead atoms. The predicted octanol–water partition coefficient (Wildman–Crippen LogP) is 5.16. The minimum absolute atomic E-state index is 0.140. The fourth-order valence-electron chi connectivity index (χ4n) is 3.22. The topological polar surface area (TPSA) is 68.8 Å². The number of ether oxygens (including phenoxy) is 3. The molecule has 0 aliphatic carbocycles. The molecule has 0 fully saturated rings. The number of rotatable bonds is 14. The van der Waals surface area contributed by atoms with E-state index in [2.05, 4.69) is 22.8 Å². The second-order valence-electron chi connectivity index (χ2n) is 7.44. The fraction of sp³-hybridized carbons (Fsp3) is 0.296. The summed E-state index contributed by atoms with van der Waals surface area (Å²) < 4.78 is 16.8. The molecule has 0 spiro atoms. The summed E-state index contributed by atoms with van der Waals surface area (Å²) in [6.45, 7) is 4.42. The van der Waals surface area contributed by atoms with E-state index >= 15 is 0 Å². The molecule has 3 aromatic carbocycles. The Bertz CT molecular complexity index is 979. The first-order valence-electron chi connectivity index (χ1n) is 11.3. The fourth-order valence-corrected chi connectivity index (χ4v) is 3.22. The zero-order valence-electron chi connectivity index (χ0n) is 19.1. The molecular formula is C27H32N2O4. The number of benzene rings is 3. The van der Waals surface area contributed by atoms with Gasteiger partial charge < -0.3 is 24.8 Å². The van der Waals surface area contributed by atoms with Gasteiger partial charge in [-0.2, -0.15) is 0 Å². The average Bonchev–Trinajstić information content (AvgIpc) is 2.84. The first-order chi connectivity index (χ1) is 16.2. The van der Waals surface area contributed by atoms with Gasteiger partial charge in [-0.05, 0) is 49.6 Å². The summed E-state index contributed by atoms with van der Waals surface area (Å²) in [6.07, 6.45) is 1.90. The summed E-state index contributed by atoms with van der Waals surface area (Å²) in [5.41, 5.74) is 2.82. The van der Waals surface area contributed by atoms with Crippen LogP contribution in [0.1, 0.15) is 18.9 Å². The zero-order chi connectivity index (χ0) is 23.1. The third kappa shape index (κ3) is 9.25. The Labute approximate surface area is 195 Å². The molecule has 0 heterocycles. The second-order valence-corrected chi connectivity index (χ2v) is 7.44. The average molecular weight is 449 g/mol. The van der Waals surface area contributed by atoms with Crippen LogP contribution < -0.4 is 20.1 Å². The van der Waals surface area contributed by atoms with Gasteiger partial charge in [-0.3, -0.25) is 4.79 Å². The Balaban J connectivity index is 1.39. The van der Waals surface area contributed by atoms with Crippen LogP contribution in [0.4, 0.5) is 11.4 Å². The maximum absolute atomic E-state index is 12.4. The molecule has 0 aliphatic rings. The summed E-state index contributed by atoms with van der Waals surface area (Å²) in [5, 5.41) is 6.03. The molecule has 0 saturated carbocycles. The summed E-state index contributed by atoms with van der Waals surface area (Å²) in [4.78, 5) is 12.4. The zero-order valence-corrected chi connectivity index (χ0v) is 19.1. The smallest absolute Gasteiger partial charge is 0.243 e. The number of carbonyl (C=O) groups excluding carboxylic acids is 1. The Hall–Kier alpha value is -3.51. The summed E-state index contributed by atoms with van der Waals surface area (Å²) in [7, 11) is 0. The minimum Gasteiger partial charge on any atom is -0.494 e. The van der Waals surface area contributed by atoms with Gasteiger partial charge in [0.15, 0.2) is 0 Å². The molecule has 0 aliphatic heterocycles. The molecule has 174 valence electrons. The van der Waals surface area contributed by atoms with Crippen molar-refractivity contribution in [1.29, 1.82) is 0 Å². The number of amides is 1. The Kier molecular flexibility index (Phi) is 10.1. The van der Waals surface area contributed by atoms with Gasteiger partial charge >= 0.3 is 0 Å². The van der Waals surface area contributed by atoms with Crippen molar-refractivity contribution in [2.45, 2.75) is 19.8 Å². The van der Waals surface area contributed by atoms with Crippen LogP contribution >= 0.6 is 0 Å². The van der Waals surface area contributed by atoms with E-state index in [9.17, 15) is 4.79 Å². The van der Waals surface area contributed by atoms with Crippen molar-refractivity contribution in [3.63, 3.8) is 0 Å². The number of anilines is 2. The quantitative estimate of drug-likeness (QED) is 0.333. The van der Waals surface area contributed by atoms with Crippen LogP contribution in [-0.2, 0) is 16.0 Å². The third-order valence-corrected chi connectivity index (χ3v) is 4.83. The van der Waals surface area contributed by atoms with Crippen molar-refractivity contribution < 1.29 is 19.0 Å². The molecule has 2 N–H and O–H groups in total. The van der Waals surface area contributed by atoms with Crippen LogP contribution in [0.25, 0.3) is 0 Å². The molecule has 3 rings (SSSR count). The lowest BCUT2D eigenvalue weighted by atomic mass is 10.1. The van der Waals surface area contributed by atoms with Gasteiger partial charge in [0.25, 0.3) is 0 Å². The van der Waals surface area contributed by atoms with Crippen molar-refractivity contribution in [1.82, 2.24) is 0 Å². The Morgan fingerprint density at radius 1 is 0.788 bits per heavy atom. The van der Waals surface area contributed by atoms with Gasteiger partial charge in [-0.25, -0.2) is 0 Å². The summed E-state index contributed by atoms with van der Waals surface area (Å²) >= 11 is 0. The van der Waals surface area contributed by atoms with Crippen LogP contribution in [0, 0.1) is 0 Å². The highest BCUT2D eigenvalue weighted by Gasteiger charge is 2.05. The number of carbonyl (C=O) groups is 1. The highest BCUT2D eigenvalue weighted by molar-refractivity contribution is 5.93. The third-order valence-electron chi connectivity index (χ3n) is 4.83. The molecule has 0 atom stereocenters. The number of hydrogen-bond acceptors (Lipinski definition) is 5. The largest absolute Gasteiger partial charge is 0.494 e. The maximum atomic E-state index is 12.4. The molecule has 33 heavy (non-hydrogen) atoms. The van der Waals surface area contributed by atoms with Crippen molar-refractivity contribution in [3.05, 3.63) is 84.4 Å². The van der Waals surface area contributed by atoms with Crippen LogP contribution in [-0.4, -0.2) is 38.9 Å². The SMILES string of the molecule is CCOCCOc1cccc(NCC(=O)Nc2cccc(OCCCc3ccccc3)c2)c1. The molecule has 3 aromatic rings. The molecule has 6 heteroatoms. The second kappa shape index (κ2) is 13.8. The first kappa shape index (κ1) is 24.1. The lowest BCUT2D eigenvalue weighted by Crippen LogP contribution is -2.21. The lowest BCUT2D eigenvalue weighted by molar-refractivity contribution is -0.114. The van der Waals surface area contributed by atoms with E-state index in [0.717, 1.165) is 30.0 Å². The van der Waals surface area contributed by atoms with E-state index in [1.54, 1.807) is 0 Å². The van der Waals surface area contributed by atoms with Gasteiger partial charge in [-0.1, -0.05) is 42.5 Å². The number of aryl methyl sites for hydroxylation is 1. The summed E-state index contributed by atoms with van der Waals surface area (Å²) in [6, 6.07) is 25.3. The molecule has 0 radical (unpaired) electrons. The number of hydrogen-bond donors (Lipinski definition) is 2. The Morgan fingerprint density at radius 3 is 2.24 bits per heavy atom. The highest BCUT2D eigenvalue weighted by Crippen LogP contribution is 2.19. The van der Waals surface area contributed by atoms with Crippen LogP contribution in [0.3, 0.4) is 0 Å². The van der Waals surface area contributed by atoms with Gasteiger partial charge in [0.1, 0.15) is 18.1 Å². The maximum Gasteiger partial charge on any atom is 0.243 e. The van der Waals surface area contributed by atoms with E-state index in [4.69, 9.17) is 14.2 Å². The van der Waals surface area contributed by atoms with E-state index in [-0.39, 0.29) is 12.5 Å². The molecule has 0 saturated heterocycles. The van der Waals surface area contributed by atoms with Crippen LogP contribution in [0.2, 0.25) is 0 Å². The number of nitrogens with one attached hydrogen (secondary N) is 2. The van der Waals surface area contributed by atoms with Crippen molar-refractivity contribution >= 4 is 17.3 Å². The van der Waals surface area contributed by atoms with E-state index < -0.39 is 0 Å². The monoisotopic (exact) mass is 448 g/mol. The lowest BCUT2D eigenvalue weighted by Gasteiger charge is -2.11. The van der Waals surface area contributed by atoms with E-state index in [1.807, 2.05) is 73.7 Å². The van der Waals surface area contributed by atoms with Gasteiger partial charge in [-0.15, -0.1) is 0 Å². The van der Waals surface area contributed by atoms with E-state index in [1.165, 1.54) is 5.56 Å². The normalized spacial score (nSPS) is 10.5. The van der Waals surface area contributed by atoms with Crippen LogP contribution in [0.15, 0.2) is 78.9 Å². The van der Waals surface area contributed by atoms with E-state index in [0.29, 0.717) is 32.1 Å². The molecule has 6 nitrogen and oxygen atoms in total. The first-order valence-corrected chi connectivity index (χ1v) is 11.3. The van der Waals surface area contributed by atoms with Crippen molar-refractivity contribution in [2.24, 2.45) is 0 Å². The minimum atomic E-state index is -0.140. The van der Waals surface area contributed by atoms with Crippen molar-refractivity contribution in [2.75, 3.05) is 43.6 Å². The van der Waals surface area contributed by atoms with Gasteiger partial charge in [0, 0.05) is 30.1 Å². The molecule has 0 unspecified atom stereocenters. The molecular weight excluding hydrogens is 416 g/mol. The Morgan fingerprint density at radius 2 is 1.48 bits per heavy atom. The molecule has 1 amide bonds. The van der Waals surface area contributed by atoms with Gasteiger partial charge in [0.05, 0.1) is 19.8 Å². The van der Waals surface area contributed by atoms with Crippen molar-refractivity contribution in [3.8, 4) is 11.5 Å². The highest BCUT2D eigenvalue weighted by atomic mass is 16.5. The predicted molar refractivity (Wildman–Crippen MR) is 132 cm³/mol. The molecule has 0 aromatic heterocycles. The van der Waals surface area contributed by atoms with Gasteiger partial charge in [0.2, 0.25) is 5.91 Å². The summed E-state index contributed by atoms with van der Waals surface area (Å²) in [5.74, 6) is 1.34.